The van der Waals surface area contributed by atoms with E-state index in [0.717, 1.165) is 22.7 Å². The number of carbonyl (C=O) groups excluding carboxylic acids is 1. The average Bonchev–Trinajstić information content (AvgIpc) is 2.84. The van der Waals surface area contributed by atoms with Gasteiger partial charge in [0.05, 0.1) is 6.54 Å². The van der Waals surface area contributed by atoms with Crippen molar-refractivity contribution in [1.29, 1.82) is 0 Å². The molecule has 2 rings (SSSR count). The zero-order valence-electron chi connectivity index (χ0n) is 10.4. The van der Waals surface area contributed by atoms with Crippen LogP contribution in [0.4, 0.5) is 0 Å². The number of carbonyl (C=O) groups is 1. The molecule has 2 heterocycles. The van der Waals surface area contributed by atoms with E-state index in [1.807, 2.05) is 37.6 Å². The van der Waals surface area contributed by atoms with E-state index in [-0.39, 0.29) is 5.78 Å². The van der Waals surface area contributed by atoms with E-state index in [4.69, 9.17) is 0 Å². The second-order valence-electron chi connectivity index (χ2n) is 4.08. The lowest BCUT2D eigenvalue weighted by Gasteiger charge is -2.05. The minimum absolute atomic E-state index is 0.166. The summed E-state index contributed by atoms with van der Waals surface area (Å²) in [7, 11) is 0. The van der Waals surface area contributed by atoms with Gasteiger partial charge in [-0.05, 0) is 19.9 Å². The van der Waals surface area contributed by atoms with Crippen LogP contribution in [0.15, 0.2) is 18.5 Å². The summed E-state index contributed by atoms with van der Waals surface area (Å²) in [4.78, 5) is 18.7. The molecule has 0 saturated heterocycles. The number of aromatic nitrogens is 2. The molecule has 0 unspecified atom stereocenters. The first-order chi connectivity index (χ1) is 8.11. The highest BCUT2D eigenvalue weighted by molar-refractivity contribution is 7.12. The van der Waals surface area contributed by atoms with Crippen LogP contribution in [0, 0.1) is 13.8 Å². The number of thiophene rings is 1. The number of imidazole rings is 1. The van der Waals surface area contributed by atoms with E-state index >= 15 is 0 Å². The van der Waals surface area contributed by atoms with Gasteiger partial charge in [0.15, 0.2) is 5.78 Å². The van der Waals surface area contributed by atoms with Gasteiger partial charge in [0.25, 0.3) is 0 Å². The van der Waals surface area contributed by atoms with Crippen molar-refractivity contribution < 1.29 is 4.79 Å². The van der Waals surface area contributed by atoms with Crippen LogP contribution >= 0.6 is 11.3 Å². The number of nitrogens with zero attached hydrogens (tertiary/aromatic N) is 2. The molecule has 2 aromatic heterocycles. The van der Waals surface area contributed by atoms with Gasteiger partial charge in [-0.15, -0.1) is 11.3 Å². The van der Waals surface area contributed by atoms with Gasteiger partial charge in [-0.2, -0.15) is 0 Å². The fraction of sp³-hybridized carbons (Fsp3) is 0.385. The first-order valence-electron chi connectivity index (χ1n) is 5.72. The van der Waals surface area contributed by atoms with Crippen LogP contribution in [0.2, 0.25) is 0 Å². The summed E-state index contributed by atoms with van der Waals surface area (Å²) >= 11 is 1.67. The van der Waals surface area contributed by atoms with E-state index in [2.05, 4.69) is 4.98 Å². The van der Waals surface area contributed by atoms with Crippen molar-refractivity contribution >= 4 is 17.1 Å². The molecule has 0 radical (unpaired) electrons. The van der Waals surface area contributed by atoms with Gasteiger partial charge in [0.2, 0.25) is 0 Å². The number of ketones is 1. The van der Waals surface area contributed by atoms with Gasteiger partial charge in [0.1, 0.15) is 5.82 Å². The van der Waals surface area contributed by atoms with Gasteiger partial charge in [0, 0.05) is 34.1 Å². The number of aryl methyl sites for hydroxylation is 3. The number of rotatable bonds is 4. The lowest BCUT2D eigenvalue weighted by atomic mass is 10.1. The summed E-state index contributed by atoms with van der Waals surface area (Å²) in [6.45, 7) is 6.46. The average molecular weight is 248 g/mol. The minimum atomic E-state index is 0.166. The molecule has 17 heavy (non-hydrogen) atoms. The first-order valence-corrected chi connectivity index (χ1v) is 6.53. The topological polar surface area (TPSA) is 34.9 Å². The smallest absolute Gasteiger partial charge is 0.183 e. The number of Topliss-reactive ketones (excluding diaryl/α,β-unsaturated/α-hetero) is 1. The molecular weight excluding hydrogens is 232 g/mol. The highest BCUT2D eigenvalue weighted by atomic mass is 32.1. The molecule has 0 spiro atoms. The molecule has 3 nitrogen and oxygen atoms in total. The largest absolute Gasteiger partial charge is 0.327 e. The van der Waals surface area contributed by atoms with Crippen LogP contribution in [0.25, 0.3) is 0 Å². The maximum atomic E-state index is 12.2. The van der Waals surface area contributed by atoms with Crippen molar-refractivity contribution in [2.45, 2.75) is 33.7 Å². The SMILES string of the molecule is CCc1nccn1CC(=O)c1cc(C)sc1C. The molecule has 0 aliphatic carbocycles. The quantitative estimate of drug-likeness (QED) is 0.780. The van der Waals surface area contributed by atoms with Gasteiger partial charge >= 0.3 is 0 Å². The number of hydrogen-bond donors (Lipinski definition) is 0. The second-order valence-corrected chi connectivity index (χ2v) is 5.54. The Balaban J connectivity index is 2.20. The van der Waals surface area contributed by atoms with Crippen LogP contribution in [0.3, 0.4) is 0 Å². The Morgan fingerprint density at radius 1 is 1.47 bits per heavy atom. The molecule has 0 aliphatic rings. The third kappa shape index (κ3) is 2.47. The summed E-state index contributed by atoms with van der Waals surface area (Å²) in [6.07, 6.45) is 4.46. The Kier molecular flexibility index (Phi) is 3.43. The molecule has 0 N–H and O–H groups in total. The molecule has 0 fully saturated rings. The molecule has 2 aromatic rings. The molecule has 0 atom stereocenters. The van der Waals surface area contributed by atoms with E-state index in [1.165, 1.54) is 4.88 Å². The zero-order chi connectivity index (χ0) is 12.4. The highest BCUT2D eigenvalue weighted by Gasteiger charge is 2.13. The van der Waals surface area contributed by atoms with E-state index < -0.39 is 0 Å². The Labute approximate surface area is 105 Å². The van der Waals surface area contributed by atoms with Crippen LogP contribution in [0.1, 0.15) is 32.9 Å². The van der Waals surface area contributed by atoms with Gasteiger partial charge in [-0.3, -0.25) is 4.79 Å². The van der Waals surface area contributed by atoms with Crippen molar-refractivity contribution in [1.82, 2.24) is 9.55 Å². The summed E-state index contributed by atoms with van der Waals surface area (Å²) < 4.78 is 1.93. The van der Waals surface area contributed by atoms with Crippen molar-refractivity contribution in [3.63, 3.8) is 0 Å². The molecule has 0 bridgehead atoms. The molecule has 0 amide bonds. The minimum Gasteiger partial charge on any atom is -0.327 e. The highest BCUT2D eigenvalue weighted by Crippen LogP contribution is 2.21. The second kappa shape index (κ2) is 4.84. The Morgan fingerprint density at radius 2 is 2.24 bits per heavy atom. The summed E-state index contributed by atoms with van der Waals surface area (Å²) in [6, 6.07) is 1.98. The third-order valence-corrected chi connectivity index (χ3v) is 3.74. The van der Waals surface area contributed by atoms with Gasteiger partial charge < -0.3 is 4.57 Å². The van der Waals surface area contributed by atoms with E-state index in [1.54, 1.807) is 17.5 Å². The standard InChI is InChI=1S/C13H16N2OS/c1-4-13-14-5-6-15(13)8-12(16)11-7-9(2)17-10(11)3/h5-7H,4,8H2,1-3H3. The zero-order valence-corrected chi connectivity index (χ0v) is 11.2. The van der Waals surface area contributed by atoms with Crippen LogP contribution < -0.4 is 0 Å². The monoisotopic (exact) mass is 248 g/mol. The van der Waals surface area contributed by atoms with Crippen LogP contribution in [0.5, 0.6) is 0 Å². The summed E-state index contributed by atoms with van der Waals surface area (Å²) in [5, 5.41) is 0. The van der Waals surface area contributed by atoms with Crippen molar-refractivity contribution in [3.8, 4) is 0 Å². The molecule has 4 heteroatoms. The van der Waals surface area contributed by atoms with Crippen molar-refractivity contribution in [2.75, 3.05) is 0 Å². The summed E-state index contributed by atoms with van der Waals surface area (Å²) in [5.74, 6) is 1.13. The fourth-order valence-corrected chi connectivity index (χ4v) is 2.89. The van der Waals surface area contributed by atoms with E-state index in [0.29, 0.717) is 6.54 Å². The van der Waals surface area contributed by atoms with Crippen LogP contribution in [-0.4, -0.2) is 15.3 Å². The van der Waals surface area contributed by atoms with E-state index in [9.17, 15) is 4.79 Å². The molecule has 0 saturated carbocycles. The number of hydrogen-bond acceptors (Lipinski definition) is 3. The molecule has 90 valence electrons. The Bertz CT molecular complexity index is 539. The van der Waals surface area contributed by atoms with Crippen LogP contribution in [-0.2, 0) is 13.0 Å². The molecule has 0 aliphatic heterocycles. The third-order valence-electron chi connectivity index (χ3n) is 2.77. The fourth-order valence-electron chi connectivity index (χ4n) is 1.95. The lowest BCUT2D eigenvalue weighted by Crippen LogP contribution is -2.12. The normalized spacial score (nSPS) is 10.8. The van der Waals surface area contributed by atoms with Crippen molar-refractivity contribution in [3.05, 3.63) is 39.6 Å². The Hall–Kier alpha value is -1.42. The predicted octanol–water partition coefficient (Wildman–Crippen LogP) is 3.01. The summed E-state index contributed by atoms with van der Waals surface area (Å²) in [5.41, 5.74) is 0.850. The molecular formula is C13H16N2OS. The molecule has 0 aromatic carbocycles. The maximum absolute atomic E-state index is 12.2. The van der Waals surface area contributed by atoms with Gasteiger partial charge in [-0.25, -0.2) is 4.98 Å². The maximum Gasteiger partial charge on any atom is 0.183 e. The van der Waals surface area contributed by atoms with Crippen molar-refractivity contribution in [2.24, 2.45) is 0 Å². The van der Waals surface area contributed by atoms with Gasteiger partial charge in [-0.1, -0.05) is 6.92 Å². The first kappa shape index (κ1) is 12.0. The Morgan fingerprint density at radius 3 is 2.82 bits per heavy atom. The lowest BCUT2D eigenvalue weighted by molar-refractivity contribution is 0.0971. The predicted molar refractivity (Wildman–Crippen MR) is 69.7 cm³/mol.